The van der Waals surface area contributed by atoms with Crippen molar-refractivity contribution in [2.45, 2.75) is 140 Å². The van der Waals surface area contributed by atoms with Gasteiger partial charge in [-0.3, -0.25) is 0 Å². The molecule has 0 spiro atoms. The maximum atomic E-state index is 2.68. The SMILES string of the molecule is CCCCC(CC)Cc1ccc(-c2c3c[c]([Sn][C](C)(C)C)sc3c(-c3ccc(CC(CC)CCCC)s3)c3c[c]([Sn][C](C)(C)C)sc23)s1. The molecule has 0 saturated heterocycles. The Morgan fingerprint density at radius 1 is 0.562 bits per heavy atom. The molecule has 4 radical (unpaired) electrons. The first-order valence-electron chi connectivity index (χ1n) is 18.6. The predicted molar refractivity (Wildman–Crippen MR) is 228 cm³/mol. The van der Waals surface area contributed by atoms with Crippen molar-refractivity contribution in [3.8, 4) is 20.9 Å². The van der Waals surface area contributed by atoms with Gasteiger partial charge in [0, 0.05) is 0 Å². The average Bonchev–Trinajstić information content (AvgIpc) is 3.81. The fourth-order valence-electron chi connectivity index (χ4n) is 6.82. The predicted octanol–water partition coefficient (Wildman–Crippen LogP) is 14.2. The van der Waals surface area contributed by atoms with Crippen molar-refractivity contribution >= 4 is 114 Å². The molecular weight excluding hydrogens is 870 g/mol. The number of hydrogen-bond acceptors (Lipinski definition) is 4. The molecular formula is C42H58S4Sn2. The molecule has 0 nitrogen and oxygen atoms in total. The van der Waals surface area contributed by atoms with Gasteiger partial charge >= 0.3 is 319 Å². The van der Waals surface area contributed by atoms with Crippen LogP contribution in [-0.2, 0) is 12.8 Å². The number of hydrogen-bond donors (Lipinski definition) is 0. The molecule has 0 aliphatic heterocycles. The Hall–Kier alpha value is 0.137. The van der Waals surface area contributed by atoms with Crippen molar-refractivity contribution in [3.05, 3.63) is 46.2 Å². The quantitative estimate of drug-likeness (QED) is 0.0865. The van der Waals surface area contributed by atoms with E-state index in [0.29, 0.717) is 6.86 Å². The van der Waals surface area contributed by atoms with E-state index in [1.807, 2.05) is 0 Å². The summed E-state index contributed by atoms with van der Waals surface area (Å²) in [5.74, 6) is 1.61. The molecule has 0 aliphatic carbocycles. The number of thiophene rings is 4. The molecule has 258 valence electrons. The molecule has 5 rings (SSSR count). The molecule has 4 aromatic heterocycles. The van der Waals surface area contributed by atoms with Gasteiger partial charge in [0.05, 0.1) is 0 Å². The summed E-state index contributed by atoms with van der Waals surface area (Å²) < 4.78 is 7.41. The molecule has 48 heavy (non-hydrogen) atoms. The molecule has 0 N–H and O–H groups in total. The first kappa shape index (κ1) is 39.3. The Morgan fingerprint density at radius 3 is 1.29 bits per heavy atom. The topological polar surface area (TPSA) is 0 Å². The van der Waals surface area contributed by atoms with Gasteiger partial charge in [0.2, 0.25) is 0 Å². The summed E-state index contributed by atoms with van der Waals surface area (Å²) in [4.78, 5) is 6.18. The summed E-state index contributed by atoms with van der Waals surface area (Å²) in [6, 6.07) is 15.3. The van der Waals surface area contributed by atoms with Crippen molar-refractivity contribution in [1.82, 2.24) is 0 Å². The van der Waals surface area contributed by atoms with E-state index in [1.165, 1.54) is 74.0 Å². The number of benzene rings is 1. The minimum atomic E-state index is -0.744. The van der Waals surface area contributed by atoms with E-state index in [-0.39, 0.29) is 0 Å². The fraction of sp³-hybridized carbons (Fsp3) is 0.571. The van der Waals surface area contributed by atoms with Crippen LogP contribution in [0.2, 0.25) is 6.86 Å². The van der Waals surface area contributed by atoms with Crippen molar-refractivity contribution in [2.75, 3.05) is 0 Å². The molecule has 0 amide bonds. The van der Waals surface area contributed by atoms with Crippen LogP contribution < -0.4 is 5.79 Å². The van der Waals surface area contributed by atoms with Crippen LogP contribution in [0.1, 0.15) is 130 Å². The minimum absolute atomic E-state index is 0.433. The molecule has 5 aromatic rings. The van der Waals surface area contributed by atoms with Crippen LogP contribution in [0.4, 0.5) is 0 Å². The van der Waals surface area contributed by atoms with E-state index in [2.05, 4.69) is 151 Å². The average molecular weight is 929 g/mol. The first-order chi connectivity index (χ1) is 22.8. The van der Waals surface area contributed by atoms with E-state index in [1.54, 1.807) is 46.8 Å². The first-order valence-corrected chi connectivity index (χ1v) is 27.6. The molecule has 0 fully saturated rings. The third-order valence-electron chi connectivity index (χ3n) is 9.34. The van der Waals surface area contributed by atoms with E-state index >= 15 is 0 Å². The van der Waals surface area contributed by atoms with Gasteiger partial charge in [-0.15, -0.1) is 0 Å². The number of unbranched alkanes of at least 4 members (excludes halogenated alkanes) is 2. The molecule has 2 unspecified atom stereocenters. The summed E-state index contributed by atoms with van der Waals surface area (Å²) >= 11 is 7.05. The molecule has 6 heteroatoms. The Morgan fingerprint density at radius 2 is 0.958 bits per heavy atom. The maximum absolute atomic E-state index is 2.68. The van der Waals surface area contributed by atoms with Crippen LogP contribution in [0, 0.1) is 11.8 Å². The van der Waals surface area contributed by atoms with Gasteiger partial charge in [0.25, 0.3) is 0 Å². The summed E-state index contributed by atoms with van der Waals surface area (Å²) in [7, 11) is 0. The second-order valence-corrected chi connectivity index (χ2v) is 35.6. The Kier molecular flexibility index (Phi) is 14.2. The normalized spacial score (nSPS) is 14.0. The number of rotatable bonds is 16. The third-order valence-corrected chi connectivity index (χ3v) is 23.1. The molecule has 2 atom stereocenters. The fourth-order valence-corrected chi connectivity index (χ4v) is 23.6. The third kappa shape index (κ3) is 10.2. The van der Waals surface area contributed by atoms with Gasteiger partial charge in [-0.2, -0.15) is 0 Å². The Balaban J connectivity index is 1.70. The summed E-state index contributed by atoms with van der Waals surface area (Å²) in [5, 5.41) is 3.10. The molecule has 0 bridgehead atoms. The summed E-state index contributed by atoms with van der Waals surface area (Å²) in [5.41, 5.74) is 3.12. The van der Waals surface area contributed by atoms with Gasteiger partial charge in [0.15, 0.2) is 0 Å². The van der Waals surface area contributed by atoms with Gasteiger partial charge in [-0.1, -0.05) is 13.8 Å². The zero-order chi connectivity index (χ0) is 34.6. The van der Waals surface area contributed by atoms with Crippen LogP contribution in [-0.4, -0.2) is 42.3 Å². The van der Waals surface area contributed by atoms with E-state index in [4.69, 9.17) is 0 Å². The van der Waals surface area contributed by atoms with Gasteiger partial charge < -0.3 is 0 Å². The van der Waals surface area contributed by atoms with Crippen molar-refractivity contribution in [3.63, 3.8) is 0 Å². The molecule has 1 aromatic carbocycles. The Bertz CT molecular complexity index is 1580. The van der Waals surface area contributed by atoms with Gasteiger partial charge in [0.1, 0.15) is 0 Å². The standard InChI is InChI=1S/C34H40S4.2C4H9.2Sn/c1-5-9-11-23(7-3)21-25-13-15-29(37-25)31-27-17-19-36-34(27)32(28-18-20-35-33(28)31)30-16-14-26(38-30)22-24(8-4)12-10-6-2;2*1-4(2)3;;/h13-18,23-24H,5-12,21-22H2,1-4H3;2*1-3H3;;. The second kappa shape index (κ2) is 17.3. The van der Waals surface area contributed by atoms with E-state index in [0.717, 1.165) is 11.8 Å². The number of fused-ring (bicyclic) bond motifs is 2. The van der Waals surface area contributed by atoms with Crippen LogP contribution in [0.25, 0.3) is 41.1 Å². The van der Waals surface area contributed by atoms with Crippen LogP contribution >= 0.6 is 45.3 Å². The van der Waals surface area contributed by atoms with Crippen molar-refractivity contribution in [1.29, 1.82) is 0 Å². The van der Waals surface area contributed by atoms with E-state index < -0.39 is 42.3 Å². The van der Waals surface area contributed by atoms with Crippen LogP contribution in [0.5, 0.6) is 0 Å². The summed E-state index contributed by atoms with van der Waals surface area (Å²) in [6.45, 7) is 24.3. The molecule has 4 heterocycles. The molecule has 0 saturated carbocycles. The summed E-state index contributed by atoms with van der Waals surface area (Å²) in [6.07, 6.45) is 13.1. The zero-order valence-corrected chi connectivity index (χ0v) is 40.3. The monoisotopic (exact) mass is 930 g/mol. The van der Waals surface area contributed by atoms with Crippen LogP contribution in [0.15, 0.2) is 36.4 Å². The van der Waals surface area contributed by atoms with E-state index in [9.17, 15) is 0 Å². The molecule has 0 aliphatic rings. The second-order valence-electron chi connectivity index (χ2n) is 16.0. The van der Waals surface area contributed by atoms with Crippen molar-refractivity contribution in [2.24, 2.45) is 11.8 Å². The Labute approximate surface area is 329 Å². The van der Waals surface area contributed by atoms with Gasteiger partial charge in [-0.25, -0.2) is 0 Å². The van der Waals surface area contributed by atoms with Crippen LogP contribution in [0.3, 0.4) is 0 Å². The van der Waals surface area contributed by atoms with Gasteiger partial charge in [-0.05, 0) is 0 Å². The van der Waals surface area contributed by atoms with Crippen molar-refractivity contribution < 1.29 is 0 Å². The zero-order valence-electron chi connectivity index (χ0n) is 31.3.